The Hall–Kier alpha value is -1.84. The average Bonchev–Trinajstić information content (AvgIpc) is 2.67. The highest BCUT2D eigenvalue weighted by atomic mass is 16.2. The van der Waals surface area contributed by atoms with Crippen molar-refractivity contribution in [2.75, 3.05) is 5.32 Å². The van der Waals surface area contributed by atoms with Gasteiger partial charge in [-0.3, -0.25) is 14.5 Å². The standard InChI is InChI=1S/C17H24N2O2/c1-5-14(6-2)19-16(20)10-15(17(19)21)18-13-8-11(3)7-12(4)9-13/h7-9,14-15,18H,5-6,10H2,1-4H3. The third kappa shape index (κ3) is 3.26. The molecule has 0 radical (unpaired) electrons. The molecule has 114 valence electrons. The van der Waals surface area contributed by atoms with Crippen LogP contribution in [0.4, 0.5) is 5.69 Å². The predicted octanol–water partition coefficient (Wildman–Crippen LogP) is 3.03. The summed E-state index contributed by atoms with van der Waals surface area (Å²) in [5, 5.41) is 3.22. The first-order chi connectivity index (χ1) is 9.96. The zero-order chi connectivity index (χ0) is 15.6. The van der Waals surface area contributed by atoms with Crippen molar-refractivity contribution in [3.05, 3.63) is 29.3 Å². The van der Waals surface area contributed by atoms with Gasteiger partial charge in [-0.25, -0.2) is 0 Å². The van der Waals surface area contributed by atoms with Crippen molar-refractivity contribution in [3.8, 4) is 0 Å². The number of carbonyl (C=O) groups excluding carboxylic acids is 2. The number of hydrogen-bond acceptors (Lipinski definition) is 3. The fourth-order valence-electron chi connectivity index (χ4n) is 3.06. The highest BCUT2D eigenvalue weighted by Gasteiger charge is 2.41. The number of aryl methyl sites for hydroxylation is 2. The molecule has 1 atom stereocenters. The third-order valence-corrected chi connectivity index (χ3v) is 4.05. The van der Waals surface area contributed by atoms with Crippen LogP contribution in [0, 0.1) is 13.8 Å². The van der Waals surface area contributed by atoms with Crippen molar-refractivity contribution in [1.82, 2.24) is 4.90 Å². The zero-order valence-corrected chi connectivity index (χ0v) is 13.3. The van der Waals surface area contributed by atoms with Crippen LogP contribution in [-0.4, -0.2) is 28.8 Å². The van der Waals surface area contributed by atoms with Gasteiger partial charge in [0.05, 0.1) is 6.42 Å². The van der Waals surface area contributed by atoms with Gasteiger partial charge in [0.15, 0.2) is 0 Å². The number of anilines is 1. The van der Waals surface area contributed by atoms with E-state index in [0.29, 0.717) is 0 Å². The molecule has 4 nitrogen and oxygen atoms in total. The third-order valence-electron chi connectivity index (χ3n) is 4.05. The van der Waals surface area contributed by atoms with E-state index in [1.807, 2.05) is 39.8 Å². The summed E-state index contributed by atoms with van der Waals surface area (Å²) >= 11 is 0. The van der Waals surface area contributed by atoms with Gasteiger partial charge < -0.3 is 5.32 Å². The minimum Gasteiger partial charge on any atom is -0.373 e. The topological polar surface area (TPSA) is 49.4 Å². The van der Waals surface area contributed by atoms with E-state index in [0.717, 1.165) is 29.7 Å². The molecule has 1 aromatic rings. The second-order valence-corrected chi connectivity index (χ2v) is 5.85. The smallest absolute Gasteiger partial charge is 0.252 e. The molecule has 1 unspecified atom stereocenters. The van der Waals surface area contributed by atoms with Gasteiger partial charge in [-0.1, -0.05) is 19.9 Å². The van der Waals surface area contributed by atoms with Gasteiger partial charge in [0.2, 0.25) is 5.91 Å². The average molecular weight is 288 g/mol. The first kappa shape index (κ1) is 15.5. The molecule has 1 aliphatic heterocycles. The Labute approximate surface area is 126 Å². The number of amides is 2. The highest BCUT2D eigenvalue weighted by Crippen LogP contribution is 2.24. The summed E-state index contributed by atoms with van der Waals surface area (Å²) < 4.78 is 0. The number of likely N-dealkylation sites (tertiary alicyclic amines) is 1. The summed E-state index contributed by atoms with van der Waals surface area (Å²) in [5.41, 5.74) is 3.20. The molecule has 2 rings (SSSR count). The monoisotopic (exact) mass is 288 g/mol. The fourth-order valence-corrected chi connectivity index (χ4v) is 3.06. The Bertz CT molecular complexity index is 529. The number of nitrogens with zero attached hydrogens (tertiary/aromatic N) is 1. The van der Waals surface area contributed by atoms with Gasteiger partial charge in [-0.15, -0.1) is 0 Å². The predicted molar refractivity (Wildman–Crippen MR) is 84.2 cm³/mol. The molecular weight excluding hydrogens is 264 g/mol. The number of nitrogens with one attached hydrogen (secondary N) is 1. The molecule has 0 aliphatic carbocycles. The van der Waals surface area contributed by atoms with Gasteiger partial charge in [-0.05, 0) is 49.9 Å². The van der Waals surface area contributed by atoms with Crippen LogP contribution in [0.5, 0.6) is 0 Å². The second-order valence-electron chi connectivity index (χ2n) is 5.85. The molecule has 2 amide bonds. The molecule has 1 aliphatic rings. The summed E-state index contributed by atoms with van der Waals surface area (Å²) in [6.07, 6.45) is 1.87. The minimum absolute atomic E-state index is 0.0241. The molecule has 1 fully saturated rings. The van der Waals surface area contributed by atoms with E-state index in [1.54, 1.807) is 0 Å². The number of benzene rings is 1. The summed E-state index contributed by atoms with van der Waals surface area (Å²) in [5.74, 6) is -0.150. The van der Waals surface area contributed by atoms with Crippen LogP contribution >= 0.6 is 0 Å². The van der Waals surface area contributed by atoms with E-state index in [1.165, 1.54) is 4.90 Å². The van der Waals surface area contributed by atoms with Crippen LogP contribution in [0.1, 0.15) is 44.2 Å². The van der Waals surface area contributed by atoms with Gasteiger partial charge in [0.1, 0.15) is 6.04 Å². The molecule has 1 heterocycles. The van der Waals surface area contributed by atoms with E-state index in [9.17, 15) is 9.59 Å². The van der Waals surface area contributed by atoms with Crippen LogP contribution in [0.25, 0.3) is 0 Å². The zero-order valence-electron chi connectivity index (χ0n) is 13.3. The van der Waals surface area contributed by atoms with Crippen molar-refractivity contribution in [3.63, 3.8) is 0 Å². The lowest BCUT2D eigenvalue weighted by molar-refractivity contribution is -0.141. The van der Waals surface area contributed by atoms with Crippen molar-refractivity contribution < 1.29 is 9.59 Å². The summed E-state index contributed by atoms with van der Waals surface area (Å²) in [6, 6.07) is 5.69. The van der Waals surface area contributed by atoms with E-state index in [2.05, 4.69) is 11.4 Å². The maximum absolute atomic E-state index is 12.5. The van der Waals surface area contributed by atoms with Crippen molar-refractivity contribution in [2.24, 2.45) is 0 Å². The molecule has 1 aromatic carbocycles. The molecular formula is C17H24N2O2. The molecule has 0 spiro atoms. The summed E-state index contributed by atoms with van der Waals surface area (Å²) in [6.45, 7) is 8.07. The molecule has 1 saturated heterocycles. The maximum atomic E-state index is 12.5. The van der Waals surface area contributed by atoms with Gasteiger partial charge in [0, 0.05) is 11.7 Å². The fraction of sp³-hybridized carbons (Fsp3) is 0.529. The molecule has 0 bridgehead atoms. The Morgan fingerprint density at radius 1 is 1.14 bits per heavy atom. The van der Waals surface area contributed by atoms with Gasteiger partial charge in [0.25, 0.3) is 5.91 Å². The summed E-state index contributed by atoms with van der Waals surface area (Å²) in [4.78, 5) is 26.1. The van der Waals surface area contributed by atoms with Crippen LogP contribution in [0.2, 0.25) is 0 Å². The first-order valence-corrected chi connectivity index (χ1v) is 7.67. The van der Waals surface area contributed by atoms with Crippen LogP contribution < -0.4 is 5.32 Å². The Balaban J connectivity index is 2.15. The normalized spacial score (nSPS) is 18.7. The molecule has 21 heavy (non-hydrogen) atoms. The largest absolute Gasteiger partial charge is 0.373 e. The van der Waals surface area contributed by atoms with E-state index >= 15 is 0 Å². The van der Waals surface area contributed by atoms with E-state index < -0.39 is 6.04 Å². The first-order valence-electron chi connectivity index (χ1n) is 7.67. The highest BCUT2D eigenvalue weighted by molar-refractivity contribution is 6.07. The number of imide groups is 1. The van der Waals surface area contributed by atoms with E-state index in [4.69, 9.17) is 0 Å². The number of carbonyl (C=O) groups is 2. The quantitative estimate of drug-likeness (QED) is 0.847. The second kappa shape index (κ2) is 6.29. The lowest BCUT2D eigenvalue weighted by Gasteiger charge is -2.24. The van der Waals surface area contributed by atoms with Gasteiger partial charge in [-0.2, -0.15) is 0 Å². The van der Waals surface area contributed by atoms with E-state index in [-0.39, 0.29) is 24.3 Å². The molecule has 0 aromatic heterocycles. The molecule has 4 heteroatoms. The number of rotatable bonds is 5. The van der Waals surface area contributed by atoms with Crippen molar-refractivity contribution in [2.45, 2.75) is 59.0 Å². The van der Waals surface area contributed by atoms with Crippen LogP contribution in [0.3, 0.4) is 0 Å². The van der Waals surface area contributed by atoms with Crippen LogP contribution in [0.15, 0.2) is 18.2 Å². The Morgan fingerprint density at radius 2 is 1.71 bits per heavy atom. The number of hydrogen-bond donors (Lipinski definition) is 1. The Kier molecular flexibility index (Phi) is 4.66. The van der Waals surface area contributed by atoms with Gasteiger partial charge >= 0.3 is 0 Å². The van der Waals surface area contributed by atoms with Crippen LogP contribution in [-0.2, 0) is 9.59 Å². The Morgan fingerprint density at radius 3 is 2.24 bits per heavy atom. The maximum Gasteiger partial charge on any atom is 0.252 e. The van der Waals surface area contributed by atoms with Crippen molar-refractivity contribution >= 4 is 17.5 Å². The summed E-state index contributed by atoms with van der Waals surface area (Å²) in [7, 11) is 0. The van der Waals surface area contributed by atoms with Crippen molar-refractivity contribution in [1.29, 1.82) is 0 Å². The lowest BCUT2D eigenvalue weighted by Crippen LogP contribution is -2.41. The SMILES string of the molecule is CCC(CC)N1C(=O)CC(Nc2cc(C)cc(C)c2)C1=O. The lowest BCUT2D eigenvalue weighted by atomic mass is 10.1. The molecule has 1 N–H and O–H groups in total. The minimum atomic E-state index is -0.431. The molecule has 0 saturated carbocycles.